The Morgan fingerprint density at radius 1 is 1.21 bits per heavy atom. The number of aromatic nitrogens is 3. The number of piperazine rings is 1. The number of hydrogen-bond donors (Lipinski definition) is 0. The molecule has 2 aromatic rings. The second kappa shape index (κ2) is 10.2. The minimum absolute atomic E-state index is 0.00206. The van der Waals surface area contributed by atoms with Crippen molar-refractivity contribution >= 4 is 46.2 Å². The SMILES string of the molecule is CSc1nc(N2CCN(C(=O)OC(C)(C)C)C(C(F)F)C2)c2c(OC(C)C)nc(Cl)c(F)c2n1. The van der Waals surface area contributed by atoms with Crippen LogP contribution in [0.3, 0.4) is 0 Å². The number of amides is 1. The quantitative estimate of drug-likeness (QED) is 0.308. The molecule has 2 aromatic heterocycles. The number of nitrogens with zero attached hydrogens (tertiary/aromatic N) is 5. The molecule has 1 fully saturated rings. The second-order valence-corrected chi connectivity index (χ2v) is 10.1. The van der Waals surface area contributed by atoms with Gasteiger partial charge in [-0.1, -0.05) is 23.4 Å². The maximum Gasteiger partial charge on any atom is 0.410 e. The molecule has 0 radical (unpaired) electrons. The van der Waals surface area contributed by atoms with Crippen LogP contribution >= 0.6 is 23.4 Å². The van der Waals surface area contributed by atoms with Crippen molar-refractivity contribution in [2.24, 2.45) is 0 Å². The van der Waals surface area contributed by atoms with Crippen molar-refractivity contribution in [2.45, 2.75) is 63.9 Å². The first-order valence-electron chi connectivity index (χ1n) is 10.6. The Morgan fingerprint density at radius 2 is 1.88 bits per heavy atom. The molecule has 1 saturated heterocycles. The van der Waals surface area contributed by atoms with Gasteiger partial charge < -0.3 is 14.4 Å². The third kappa shape index (κ3) is 5.70. The zero-order valence-corrected chi connectivity index (χ0v) is 21.3. The summed E-state index contributed by atoms with van der Waals surface area (Å²) in [6.45, 7) is 8.35. The second-order valence-electron chi connectivity index (χ2n) is 8.97. The summed E-state index contributed by atoms with van der Waals surface area (Å²) in [5, 5.41) is -0.0606. The van der Waals surface area contributed by atoms with Crippen LogP contribution in [0.25, 0.3) is 10.9 Å². The predicted octanol–water partition coefficient (Wildman–Crippen LogP) is 5.02. The number of pyridine rings is 1. The number of fused-ring (bicyclic) bond motifs is 1. The third-order valence-corrected chi connectivity index (χ3v) is 5.64. The van der Waals surface area contributed by atoms with Gasteiger partial charge in [0.2, 0.25) is 5.88 Å². The molecular formula is C21H27ClF3N5O3S. The van der Waals surface area contributed by atoms with Crippen molar-refractivity contribution in [2.75, 3.05) is 30.8 Å². The summed E-state index contributed by atoms with van der Waals surface area (Å²) in [5.74, 6) is -0.672. The summed E-state index contributed by atoms with van der Waals surface area (Å²) >= 11 is 7.14. The van der Waals surface area contributed by atoms with Crippen LogP contribution in [0.5, 0.6) is 5.88 Å². The van der Waals surface area contributed by atoms with Crippen LogP contribution in [-0.4, -0.2) is 76.0 Å². The maximum absolute atomic E-state index is 15.0. The number of rotatable bonds is 5. The van der Waals surface area contributed by atoms with Crippen molar-refractivity contribution in [3.63, 3.8) is 0 Å². The highest BCUT2D eigenvalue weighted by atomic mass is 35.5. The molecule has 0 bridgehead atoms. The Labute approximate surface area is 205 Å². The lowest BCUT2D eigenvalue weighted by Crippen LogP contribution is -2.59. The van der Waals surface area contributed by atoms with E-state index in [4.69, 9.17) is 21.1 Å². The molecule has 3 heterocycles. The monoisotopic (exact) mass is 521 g/mol. The van der Waals surface area contributed by atoms with Gasteiger partial charge in [-0.3, -0.25) is 4.90 Å². The van der Waals surface area contributed by atoms with Gasteiger partial charge in [0, 0.05) is 19.6 Å². The average molecular weight is 522 g/mol. The van der Waals surface area contributed by atoms with Crippen molar-refractivity contribution in [1.29, 1.82) is 0 Å². The van der Waals surface area contributed by atoms with Gasteiger partial charge in [0.25, 0.3) is 6.43 Å². The summed E-state index contributed by atoms with van der Waals surface area (Å²) < 4.78 is 54.1. The fourth-order valence-corrected chi connectivity index (χ4v) is 4.00. The van der Waals surface area contributed by atoms with Gasteiger partial charge in [-0.2, -0.15) is 4.98 Å². The average Bonchev–Trinajstić information content (AvgIpc) is 2.74. The van der Waals surface area contributed by atoms with Crippen LogP contribution in [0.15, 0.2) is 5.16 Å². The molecule has 1 atom stereocenters. The molecule has 1 amide bonds. The highest BCUT2D eigenvalue weighted by Gasteiger charge is 2.40. The van der Waals surface area contributed by atoms with Gasteiger partial charge in [-0.25, -0.2) is 27.9 Å². The van der Waals surface area contributed by atoms with Gasteiger partial charge in [-0.15, -0.1) is 0 Å². The largest absolute Gasteiger partial charge is 0.474 e. The van der Waals surface area contributed by atoms with E-state index in [1.54, 1.807) is 45.8 Å². The van der Waals surface area contributed by atoms with Crippen molar-refractivity contribution in [3.05, 3.63) is 11.0 Å². The summed E-state index contributed by atoms with van der Waals surface area (Å²) in [6, 6.07) is -1.47. The number of anilines is 1. The van der Waals surface area contributed by atoms with E-state index >= 15 is 0 Å². The molecule has 0 aliphatic carbocycles. The van der Waals surface area contributed by atoms with Crippen molar-refractivity contribution in [1.82, 2.24) is 19.9 Å². The van der Waals surface area contributed by atoms with E-state index in [0.29, 0.717) is 0 Å². The summed E-state index contributed by atoms with van der Waals surface area (Å²) in [4.78, 5) is 27.9. The first-order chi connectivity index (χ1) is 15.8. The summed E-state index contributed by atoms with van der Waals surface area (Å²) in [6.07, 6.45) is -2.29. The molecule has 13 heteroatoms. The molecule has 0 spiro atoms. The van der Waals surface area contributed by atoms with Crippen LogP contribution in [-0.2, 0) is 4.74 Å². The van der Waals surface area contributed by atoms with Gasteiger partial charge in [-0.05, 0) is 40.9 Å². The van der Waals surface area contributed by atoms with Gasteiger partial charge in [0.1, 0.15) is 28.4 Å². The van der Waals surface area contributed by atoms with E-state index in [-0.39, 0.29) is 53.5 Å². The Hall–Kier alpha value is -2.21. The van der Waals surface area contributed by atoms with Gasteiger partial charge >= 0.3 is 6.09 Å². The molecule has 1 aliphatic heterocycles. The first-order valence-corrected chi connectivity index (χ1v) is 12.2. The smallest absolute Gasteiger partial charge is 0.410 e. The molecular weight excluding hydrogens is 495 g/mol. The number of thioether (sulfide) groups is 1. The molecule has 34 heavy (non-hydrogen) atoms. The lowest BCUT2D eigenvalue weighted by Gasteiger charge is -2.41. The minimum atomic E-state index is -2.85. The summed E-state index contributed by atoms with van der Waals surface area (Å²) in [5.41, 5.74) is -0.948. The van der Waals surface area contributed by atoms with E-state index in [2.05, 4.69) is 15.0 Å². The first kappa shape index (κ1) is 26.4. The lowest BCUT2D eigenvalue weighted by atomic mass is 10.1. The zero-order chi connectivity index (χ0) is 25.4. The fourth-order valence-electron chi connectivity index (χ4n) is 3.47. The number of carbonyl (C=O) groups is 1. The lowest BCUT2D eigenvalue weighted by molar-refractivity contribution is -0.0179. The van der Waals surface area contributed by atoms with Gasteiger partial charge in [0.05, 0.1) is 6.10 Å². The topological polar surface area (TPSA) is 80.7 Å². The number of ether oxygens (including phenoxy) is 2. The molecule has 0 N–H and O–H groups in total. The molecule has 0 aromatic carbocycles. The Bertz CT molecular complexity index is 1070. The van der Waals surface area contributed by atoms with Crippen LogP contribution in [0.1, 0.15) is 34.6 Å². The minimum Gasteiger partial charge on any atom is -0.474 e. The van der Waals surface area contributed by atoms with Gasteiger partial charge in [0.15, 0.2) is 16.1 Å². The molecule has 188 valence electrons. The standard InChI is InChI=1S/C21H27ClF3N5O3S/c1-10(2)32-18-12-14(13(23)15(22)27-18)26-19(34-6)28-17(12)29-7-8-30(11(9-29)16(24)25)20(31)33-21(3,4)5/h10-11,16H,7-9H2,1-6H3. The Kier molecular flexibility index (Phi) is 7.91. The molecule has 1 unspecified atom stereocenters. The molecule has 3 rings (SSSR count). The maximum atomic E-state index is 15.0. The van der Waals surface area contributed by atoms with E-state index < -0.39 is 35.1 Å². The highest BCUT2D eigenvalue weighted by Crippen LogP contribution is 2.38. The molecule has 8 nitrogen and oxygen atoms in total. The van der Waals surface area contributed by atoms with E-state index in [1.807, 2.05) is 0 Å². The Morgan fingerprint density at radius 3 is 2.44 bits per heavy atom. The predicted molar refractivity (Wildman–Crippen MR) is 125 cm³/mol. The number of hydrogen-bond acceptors (Lipinski definition) is 8. The van der Waals surface area contributed by atoms with Crippen molar-refractivity contribution < 1.29 is 27.4 Å². The van der Waals surface area contributed by atoms with E-state index in [0.717, 1.165) is 16.7 Å². The fraction of sp³-hybridized carbons (Fsp3) is 0.619. The van der Waals surface area contributed by atoms with Crippen LogP contribution < -0.4 is 9.64 Å². The Balaban J connectivity index is 2.09. The number of carbonyl (C=O) groups excluding carboxylic acids is 1. The summed E-state index contributed by atoms with van der Waals surface area (Å²) in [7, 11) is 0. The van der Waals surface area contributed by atoms with Crippen LogP contribution in [0.4, 0.5) is 23.8 Å². The van der Waals surface area contributed by atoms with Crippen molar-refractivity contribution in [3.8, 4) is 5.88 Å². The molecule has 0 saturated carbocycles. The van der Waals surface area contributed by atoms with E-state index in [9.17, 15) is 18.0 Å². The normalized spacial score (nSPS) is 17.1. The third-order valence-electron chi connectivity index (χ3n) is 4.84. The highest BCUT2D eigenvalue weighted by molar-refractivity contribution is 7.98. The molecule has 1 aliphatic rings. The van der Waals surface area contributed by atoms with E-state index in [1.165, 1.54) is 0 Å². The van der Waals surface area contributed by atoms with Crippen LogP contribution in [0, 0.1) is 5.82 Å². The zero-order valence-electron chi connectivity index (χ0n) is 19.7. The van der Waals surface area contributed by atoms with Crippen LogP contribution in [0.2, 0.25) is 5.15 Å². The number of halogens is 4. The number of alkyl halides is 2.